The molecule has 0 fully saturated rings. The standard InChI is InChI=1S/C26H27F4NO3S/c1-25(2,3)22-11-9-19(10-12-22)20-7-8-21(24(27)16-20)17-34-14-13-18-5-4-6-23(15-18)31-35(32,33)26(28,29)30/h4-12,15-16,31H,13-14,17H2,1-3H3. The van der Waals surface area contributed by atoms with E-state index < -0.39 is 21.3 Å². The Balaban J connectivity index is 1.56. The molecule has 0 heterocycles. The number of halogens is 4. The smallest absolute Gasteiger partial charge is 0.376 e. The van der Waals surface area contributed by atoms with Gasteiger partial charge in [-0.1, -0.05) is 69.3 Å². The maximum Gasteiger partial charge on any atom is 0.516 e. The van der Waals surface area contributed by atoms with Gasteiger partial charge in [-0.3, -0.25) is 4.72 Å². The summed E-state index contributed by atoms with van der Waals surface area (Å²) in [6.45, 7) is 6.58. The lowest BCUT2D eigenvalue weighted by Gasteiger charge is -2.19. The van der Waals surface area contributed by atoms with Crippen LogP contribution in [0, 0.1) is 5.82 Å². The van der Waals surface area contributed by atoms with Gasteiger partial charge < -0.3 is 4.74 Å². The minimum absolute atomic E-state index is 0.0233. The van der Waals surface area contributed by atoms with Crippen LogP contribution in [-0.2, 0) is 33.2 Å². The molecule has 0 saturated heterocycles. The van der Waals surface area contributed by atoms with E-state index in [2.05, 4.69) is 20.8 Å². The number of nitrogens with one attached hydrogen (secondary N) is 1. The number of alkyl halides is 3. The minimum Gasteiger partial charge on any atom is -0.376 e. The Morgan fingerprint density at radius 2 is 1.54 bits per heavy atom. The van der Waals surface area contributed by atoms with E-state index in [1.165, 1.54) is 34.6 Å². The van der Waals surface area contributed by atoms with Crippen LogP contribution in [0.15, 0.2) is 66.7 Å². The van der Waals surface area contributed by atoms with E-state index in [9.17, 15) is 26.0 Å². The molecule has 0 radical (unpaired) electrons. The molecule has 0 aromatic heterocycles. The van der Waals surface area contributed by atoms with Gasteiger partial charge in [0.25, 0.3) is 0 Å². The molecule has 188 valence electrons. The highest BCUT2D eigenvalue weighted by molar-refractivity contribution is 7.93. The molecule has 0 atom stereocenters. The van der Waals surface area contributed by atoms with Crippen molar-refractivity contribution in [2.75, 3.05) is 11.3 Å². The Morgan fingerprint density at radius 3 is 2.14 bits per heavy atom. The van der Waals surface area contributed by atoms with Crippen molar-refractivity contribution in [2.45, 2.75) is 44.7 Å². The van der Waals surface area contributed by atoms with Crippen LogP contribution in [0.5, 0.6) is 0 Å². The molecule has 0 amide bonds. The van der Waals surface area contributed by atoms with Gasteiger partial charge in [-0.05, 0) is 52.3 Å². The van der Waals surface area contributed by atoms with E-state index in [0.717, 1.165) is 11.1 Å². The number of rotatable bonds is 8. The van der Waals surface area contributed by atoms with Crippen LogP contribution in [0.4, 0.5) is 23.2 Å². The predicted molar refractivity (Wildman–Crippen MR) is 129 cm³/mol. The third-order valence-corrected chi connectivity index (χ3v) is 6.53. The summed E-state index contributed by atoms with van der Waals surface area (Å²) in [6.07, 6.45) is 0.307. The van der Waals surface area contributed by atoms with Crippen LogP contribution < -0.4 is 4.72 Å². The van der Waals surface area contributed by atoms with Crippen LogP contribution in [0.2, 0.25) is 0 Å². The first kappa shape index (κ1) is 26.7. The molecule has 0 unspecified atom stereocenters. The van der Waals surface area contributed by atoms with Gasteiger partial charge in [0.1, 0.15) is 5.82 Å². The van der Waals surface area contributed by atoms with Crippen molar-refractivity contribution >= 4 is 15.7 Å². The van der Waals surface area contributed by atoms with Crippen molar-refractivity contribution in [2.24, 2.45) is 0 Å². The number of benzene rings is 3. The topological polar surface area (TPSA) is 55.4 Å². The monoisotopic (exact) mass is 509 g/mol. The minimum atomic E-state index is -5.49. The summed E-state index contributed by atoms with van der Waals surface area (Å²) in [6, 6.07) is 18.5. The molecule has 0 aliphatic carbocycles. The number of hydrogen-bond donors (Lipinski definition) is 1. The summed E-state index contributed by atoms with van der Waals surface area (Å²) >= 11 is 0. The quantitative estimate of drug-likeness (QED) is 0.268. The first-order chi connectivity index (χ1) is 16.3. The molecule has 3 aromatic carbocycles. The van der Waals surface area contributed by atoms with Gasteiger partial charge in [-0.25, -0.2) is 4.39 Å². The fraction of sp³-hybridized carbons (Fsp3) is 0.308. The predicted octanol–water partition coefficient (Wildman–Crippen LogP) is 6.81. The molecule has 0 aliphatic rings. The van der Waals surface area contributed by atoms with Crippen LogP contribution >= 0.6 is 0 Å². The summed E-state index contributed by atoms with van der Waals surface area (Å²) in [5.41, 5.74) is -1.76. The van der Waals surface area contributed by atoms with Gasteiger partial charge in [0.15, 0.2) is 0 Å². The van der Waals surface area contributed by atoms with Crippen LogP contribution in [0.25, 0.3) is 11.1 Å². The molecule has 0 bridgehead atoms. The summed E-state index contributed by atoms with van der Waals surface area (Å²) in [4.78, 5) is 0. The maximum atomic E-state index is 14.6. The highest BCUT2D eigenvalue weighted by atomic mass is 32.2. The molecule has 3 rings (SSSR count). The molecule has 1 N–H and O–H groups in total. The lowest BCUT2D eigenvalue weighted by molar-refractivity contribution is -0.0429. The van der Waals surface area contributed by atoms with E-state index in [1.54, 1.807) is 12.1 Å². The van der Waals surface area contributed by atoms with E-state index in [1.807, 2.05) is 30.3 Å². The van der Waals surface area contributed by atoms with E-state index in [0.29, 0.717) is 17.5 Å². The zero-order valence-electron chi connectivity index (χ0n) is 19.6. The second-order valence-electron chi connectivity index (χ2n) is 9.19. The Morgan fingerprint density at radius 1 is 0.886 bits per heavy atom. The van der Waals surface area contributed by atoms with E-state index in [4.69, 9.17) is 4.74 Å². The third-order valence-electron chi connectivity index (χ3n) is 5.41. The molecule has 0 aliphatic heterocycles. The maximum absolute atomic E-state index is 14.6. The summed E-state index contributed by atoms with van der Waals surface area (Å²) in [5.74, 6) is -0.397. The number of sulfonamides is 1. The van der Waals surface area contributed by atoms with Crippen molar-refractivity contribution < 1.29 is 30.7 Å². The zero-order valence-corrected chi connectivity index (χ0v) is 20.4. The summed E-state index contributed by atoms with van der Waals surface area (Å²) < 4.78 is 81.8. The van der Waals surface area contributed by atoms with Gasteiger partial charge in [-0.15, -0.1) is 0 Å². The summed E-state index contributed by atoms with van der Waals surface area (Å²) in [7, 11) is -5.49. The van der Waals surface area contributed by atoms with E-state index >= 15 is 0 Å². The highest BCUT2D eigenvalue weighted by Gasteiger charge is 2.46. The Bertz CT molecular complexity index is 1260. The molecule has 3 aromatic rings. The van der Waals surface area contributed by atoms with Gasteiger partial charge in [0.05, 0.1) is 13.2 Å². The first-order valence-electron chi connectivity index (χ1n) is 10.9. The number of ether oxygens (including phenoxy) is 1. The van der Waals surface area contributed by atoms with Crippen LogP contribution in [0.3, 0.4) is 0 Å². The second kappa shape index (κ2) is 10.4. The Labute approximate surface area is 203 Å². The van der Waals surface area contributed by atoms with E-state index in [-0.39, 0.29) is 24.3 Å². The van der Waals surface area contributed by atoms with Gasteiger partial charge in [0.2, 0.25) is 0 Å². The molecular formula is C26H27F4NO3S. The lowest BCUT2D eigenvalue weighted by atomic mass is 9.86. The SMILES string of the molecule is CC(C)(C)c1ccc(-c2ccc(COCCc3cccc(NS(=O)(=O)C(F)(F)F)c3)c(F)c2)cc1. The van der Waals surface area contributed by atoms with Crippen molar-refractivity contribution in [3.63, 3.8) is 0 Å². The number of hydrogen-bond acceptors (Lipinski definition) is 3. The molecule has 35 heavy (non-hydrogen) atoms. The summed E-state index contributed by atoms with van der Waals surface area (Å²) in [5, 5.41) is 0. The van der Waals surface area contributed by atoms with Crippen LogP contribution in [0.1, 0.15) is 37.5 Å². The van der Waals surface area contributed by atoms with Gasteiger partial charge in [0, 0.05) is 11.3 Å². The normalized spacial score (nSPS) is 12.5. The Hall–Kier alpha value is -2.91. The largest absolute Gasteiger partial charge is 0.516 e. The third kappa shape index (κ3) is 7.05. The fourth-order valence-corrected chi connectivity index (χ4v) is 3.94. The molecule has 4 nitrogen and oxygen atoms in total. The average molecular weight is 510 g/mol. The fourth-order valence-electron chi connectivity index (χ4n) is 3.38. The second-order valence-corrected chi connectivity index (χ2v) is 10.9. The first-order valence-corrected chi connectivity index (χ1v) is 12.4. The van der Waals surface area contributed by atoms with Crippen molar-refractivity contribution in [3.8, 4) is 11.1 Å². The van der Waals surface area contributed by atoms with Crippen molar-refractivity contribution in [3.05, 3.63) is 89.2 Å². The van der Waals surface area contributed by atoms with Crippen molar-refractivity contribution in [1.82, 2.24) is 0 Å². The molecular weight excluding hydrogens is 482 g/mol. The molecule has 0 saturated carbocycles. The molecule has 0 spiro atoms. The molecule has 9 heteroatoms. The van der Waals surface area contributed by atoms with Gasteiger partial charge in [-0.2, -0.15) is 21.6 Å². The van der Waals surface area contributed by atoms with Gasteiger partial charge >= 0.3 is 15.5 Å². The zero-order chi connectivity index (χ0) is 25.9. The van der Waals surface area contributed by atoms with Crippen LogP contribution in [-0.4, -0.2) is 20.5 Å². The Kier molecular flexibility index (Phi) is 7.91. The lowest BCUT2D eigenvalue weighted by Crippen LogP contribution is -2.29. The average Bonchev–Trinajstić information content (AvgIpc) is 2.76. The number of anilines is 1. The van der Waals surface area contributed by atoms with Crippen molar-refractivity contribution in [1.29, 1.82) is 0 Å². The highest BCUT2D eigenvalue weighted by Crippen LogP contribution is 2.28.